The van der Waals surface area contributed by atoms with E-state index in [1.54, 1.807) is 0 Å². The van der Waals surface area contributed by atoms with Gasteiger partial charge in [-0.3, -0.25) is 4.68 Å². The SMILES string of the molecule is BrCC(Cn1cc(Br)cn1)c1ccccc1. The molecule has 1 heterocycles. The Morgan fingerprint density at radius 2 is 2.00 bits per heavy atom. The molecule has 0 bridgehead atoms. The van der Waals surface area contributed by atoms with Gasteiger partial charge in [-0.2, -0.15) is 5.10 Å². The van der Waals surface area contributed by atoms with Gasteiger partial charge in [-0.15, -0.1) is 0 Å². The first-order valence-corrected chi connectivity index (χ1v) is 7.00. The maximum Gasteiger partial charge on any atom is 0.0632 e. The number of alkyl halides is 1. The second kappa shape index (κ2) is 5.64. The Morgan fingerprint density at radius 1 is 1.25 bits per heavy atom. The first-order chi connectivity index (χ1) is 7.79. The smallest absolute Gasteiger partial charge is 0.0632 e. The summed E-state index contributed by atoms with van der Waals surface area (Å²) in [6, 6.07) is 10.5. The highest BCUT2D eigenvalue weighted by molar-refractivity contribution is 9.10. The molecule has 0 radical (unpaired) electrons. The zero-order chi connectivity index (χ0) is 11.4. The van der Waals surface area contributed by atoms with Gasteiger partial charge in [0.2, 0.25) is 0 Å². The van der Waals surface area contributed by atoms with Gasteiger partial charge in [0.05, 0.1) is 10.7 Å². The number of hydrogen-bond acceptors (Lipinski definition) is 1. The summed E-state index contributed by atoms with van der Waals surface area (Å²) in [4.78, 5) is 0. The molecular weight excluding hydrogens is 332 g/mol. The summed E-state index contributed by atoms with van der Waals surface area (Å²) in [5.41, 5.74) is 1.34. The van der Waals surface area contributed by atoms with Crippen molar-refractivity contribution < 1.29 is 0 Å². The van der Waals surface area contributed by atoms with Gasteiger partial charge in [-0.1, -0.05) is 46.3 Å². The van der Waals surface area contributed by atoms with Crippen molar-refractivity contribution in [1.82, 2.24) is 9.78 Å². The lowest BCUT2D eigenvalue weighted by molar-refractivity contribution is 0.550. The molecule has 1 atom stereocenters. The summed E-state index contributed by atoms with van der Waals surface area (Å²) in [5, 5.41) is 5.22. The molecular formula is C12H12Br2N2. The second-order valence-electron chi connectivity index (χ2n) is 3.64. The van der Waals surface area contributed by atoms with Crippen molar-refractivity contribution in [3.63, 3.8) is 0 Å². The lowest BCUT2D eigenvalue weighted by Crippen LogP contribution is -2.10. The third kappa shape index (κ3) is 2.95. The average molecular weight is 344 g/mol. The van der Waals surface area contributed by atoms with Crippen molar-refractivity contribution in [3.05, 3.63) is 52.8 Å². The van der Waals surface area contributed by atoms with Crippen molar-refractivity contribution in [2.45, 2.75) is 12.5 Å². The van der Waals surface area contributed by atoms with E-state index in [0.29, 0.717) is 5.92 Å². The van der Waals surface area contributed by atoms with Crippen LogP contribution in [0.4, 0.5) is 0 Å². The van der Waals surface area contributed by atoms with Crippen molar-refractivity contribution >= 4 is 31.9 Å². The van der Waals surface area contributed by atoms with Gasteiger partial charge >= 0.3 is 0 Å². The summed E-state index contributed by atoms with van der Waals surface area (Å²) in [6.07, 6.45) is 3.81. The van der Waals surface area contributed by atoms with Crippen LogP contribution in [0.15, 0.2) is 47.2 Å². The molecule has 2 nitrogen and oxygen atoms in total. The highest BCUT2D eigenvalue weighted by Crippen LogP contribution is 2.20. The van der Waals surface area contributed by atoms with Crippen LogP contribution in [-0.2, 0) is 6.54 Å². The lowest BCUT2D eigenvalue weighted by Gasteiger charge is -2.14. The summed E-state index contributed by atoms with van der Waals surface area (Å²) in [7, 11) is 0. The third-order valence-electron chi connectivity index (χ3n) is 2.47. The van der Waals surface area contributed by atoms with Crippen LogP contribution < -0.4 is 0 Å². The minimum absolute atomic E-state index is 0.452. The predicted octanol–water partition coefficient (Wildman–Crippen LogP) is 3.82. The summed E-state index contributed by atoms with van der Waals surface area (Å²) in [5.74, 6) is 0.452. The fourth-order valence-electron chi connectivity index (χ4n) is 1.63. The van der Waals surface area contributed by atoms with Crippen LogP contribution in [0.5, 0.6) is 0 Å². The summed E-state index contributed by atoms with van der Waals surface area (Å²) in [6.45, 7) is 0.890. The normalized spacial score (nSPS) is 12.6. The molecule has 2 aromatic rings. The van der Waals surface area contributed by atoms with E-state index in [4.69, 9.17) is 0 Å². The first-order valence-electron chi connectivity index (χ1n) is 5.08. The zero-order valence-electron chi connectivity index (χ0n) is 8.68. The number of halogens is 2. The Balaban J connectivity index is 2.12. The number of benzene rings is 1. The van der Waals surface area contributed by atoms with Crippen LogP contribution in [0.3, 0.4) is 0 Å². The van der Waals surface area contributed by atoms with Crippen molar-refractivity contribution in [2.24, 2.45) is 0 Å². The van der Waals surface area contributed by atoms with Crippen LogP contribution in [0.1, 0.15) is 11.5 Å². The average Bonchev–Trinajstić information content (AvgIpc) is 2.73. The maximum atomic E-state index is 4.28. The Bertz CT molecular complexity index is 439. The highest BCUT2D eigenvalue weighted by atomic mass is 79.9. The highest BCUT2D eigenvalue weighted by Gasteiger charge is 2.10. The molecule has 84 valence electrons. The van der Waals surface area contributed by atoms with Crippen molar-refractivity contribution in [1.29, 1.82) is 0 Å². The molecule has 0 fully saturated rings. The first kappa shape index (κ1) is 11.9. The predicted molar refractivity (Wildman–Crippen MR) is 72.9 cm³/mol. The Kier molecular flexibility index (Phi) is 4.18. The van der Waals surface area contributed by atoms with E-state index >= 15 is 0 Å². The van der Waals surface area contributed by atoms with Gasteiger partial charge in [0.25, 0.3) is 0 Å². The lowest BCUT2D eigenvalue weighted by atomic mass is 10.0. The number of aromatic nitrogens is 2. The van der Waals surface area contributed by atoms with Gasteiger partial charge in [0.1, 0.15) is 0 Å². The molecule has 0 aliphatic carbocycles. The molecule has 4 heteroatoms. The van der Waals surface area contributed by atoms with E-state index in [2.05, 4.69) is 61.2 Å². The van der Waals surface area contributed by atoms with Crippen molar-refractivity contribution in [2.75, 3.05) is 5.33 Å². The van der Waals surface area contributed by atoms with E-state index in [9.17, 15) is 0 Å². The molecule has 0 saturated carbocycles. The topological polar surface area (TPSA) is 17.8 Å². The van der Waals surface area contributed by atoms with E-state index in [0.717, 1.165) is 16.3 Å². The van der Waals surface area contributed by atoms with Gasteiger partial charge in [-0.25, -0.2) is 0 Å². The molecule has 16 heavy (non-hydrogen) atoms. The fourth-order valence-corrected chi connectivity index (χ4v) is 2.54. The number of hydrogen-bond donors (Lipinski definition) is 0. The van der Waals surface area contributed by atoms with Gasteiger partial charge in [0.15, 0.2) is 0 Å². The molecule has 2 rings (SSSR count). The van der Waals surface area contributed by atoms with E-state index in [1.165, 1.54) is 5.56 Å². The number of nitrogens with zero attached hydrogens (tertiary/aromatic N) is 2. The van der Waals surface area contributed by atoms with E-state index < -0.39 is 0 Å². The van der Waals surface area contributed by atoms with Crippen LogP contribution in [0.2, 0.25) is 0 Å². The zero-order valence-corrected chi connectivity index (χ0v) is 11.9. The molecule has 1 unspecified atom stereocenters. The molecule has 0 N–H and O–H groups in total. The molecule has 0 aliphatic heterocycles. The summed E-state index contributed by atoms with van der Waals surface area (Å²) >= 11 is 6.97. The number of rotatable bonds is 4. The van der Waals surface area contributed by atoms with E-state index in [-0.39, 0.29) is 0 Å². The van der Waals surface area contributed by atoms with Gasteiger partial charge < -0.3 is 0 Å². The summed E-state index contributed by atoms with van der Waals surface area (Å²) < 4.78 is 2.98. The minimum Gasteiger partial charge on any atom is -0.271 e. The quantitative estimate of drug-likeness (QED) is 0.771. The largest absolute Gasteiger partial charge is 0.271 e. The van der Waals surface area contributed by atoms with Crippen LogP contribution >= 0.6 is 31.9 Å². The Hall–Kier alpha value is -0.610. The maximum absolute atomic E-state index is 4.28. The van der Waals surface area contributed by atoms with Crippen molar-refractivity contribution in [3.8, 4) is 0 Å². The van der Waals surface area contributed by atoms with Crippen LogP contribution in [0.25, 0.3) is 0 Å². The van der Waals surface area contributed by atoms with Gasteiger partial charge in [0, 0.05) is 24.0 Å². The monoisotopic (exact) mass is 342 g/mol. The molecule has 1 aromatic heterocycles. The molecule has 0 amide bonds. The third-order valence-corrected chi connectivity index (χ3v) is 3.66. The Morgan fingerprint density at radius 3 is 2.56 bits per heavy atom. The molecule has 1 aromatic carbocycles. The Labute approximate surface area is 112 Å². The molecule has 0 aliphatic rings. The standard InChI is InChI=1S/C12H12Br2N2/c13-6-11(10-4-2-1-3-5-10)8-16-9-12(14)7-15-16/h1-5,7,9,11H,6,8H2. The molecule has 0 saturated heterocycles. The van der Waals surface area contributed by atoms with Crippen LogP contribution in [0, 0.1) is 0 Å². The minimum atomic E-state index is 0.452. The van der Waals surface area contributed by atoms with Crippen LogP contribution in [-0.4, -0.2) is 15.1 Å². The molecule has 0 spiro atoms. The fraction of sp³-hybridized carbons (Fsp3) is 0.250. The van der Waals surface area contributed by atoms with Gasteiger partial charge in [-0.05, 0) is 21.5 Å². The second-order valence-corrected chi connectivity index (χ2v) is 5.21. The van der Waals surface area contributed by atoms with E-state index in [1.807, 2.05) is 23.1 Å².